The highest BCUT2D eigenvalue weighted by molar-refractivity contribution is 6.06. The zero-order chi connectivity index (χ0) is 15.4. The molecule has 1 aromatic rings. The Morgan fingerprint density at radius 3 is 2.27 bits per heavy atom. The fourth-order valence-electron chi connectivity index (χ4n) is 3.75. The van der Waals surface area contributed by atoms with Gasteiger partial charge in [0.25, 0.3) is 11.8 Å². The van der Waals surface area contributed by atoms with E-state index in [1.165, 1.54) is 24.4 Å². The summed E-state index contributed by atoms with van der Waals surface area (Å²) in [5.41, 5.74) is 0.494. The predicted molar refractivity (Wildman–Crippen MR) is 76.9 cm³/mol. The lowest BCUT2D eigenvalue weighted by Crippen LogP contribution is -2.28. The van der Waals surface area contributed by atoms with E-state index in [1.807, 2.05) is 12.2 Å². The zero-order valence-corrected chi connectivity index (χ0v) is 11.6. The van der Waals surface area contributed by atoms with E-state index in [9.17, 15) is 19.8 Å². The Morgan fingerprint density at radius 2 is 1.68 bits per heavy atom. The smallest absolute Gasteiger partial charge is 0.254 e. The number of allylic oxidation sites excluding steroid dienone is 2. The minimum absolute atomic E-state index is 0.157. The molecule has 22 heavy (non-hydrogen) atoms. The normalized spacial score (nSPS) is 32.5. The van der Waals surface area contributed by atoms with Crippen LogP contribution in [-0.2, 0) is 9.59 Å². The van der Waals surface area contributed by atoms with Crippen molar-refractivity contribution in [2.75, 3.05) is 0 Å². The van der Waals surface area contributed by atoms with Gasteiger partial charge in [-0.25, -0.2) is 0 Å². The molecule has 0 aromatic heterocycles. The number of hydrazone groups is 1. The van der Waals surface area contributed by atoms with Crippen molar-refractivity contribution in [1.82, 2.24) is 5.01 Å². The quantitative estimate of drug-likeness (QED) is 0.372. The van der Waals surface area contributed by atoms with Gasteiger partial charge in [0.1, 0.15) is 0 Å². The molecule has 112 valence electrons. The van der Waals surface area contributed by atoms with Crippen molar-refractivity contribution >= 4 is 18.0 Å². The lowest BCUT2D eigenvalue weighted by Gasteiger charge is -2.13. The molecular formula is C16H14N2O4. The topological polar surface area (TPSA) is 90.2 Å². The maximum absolute atomic E-state index is 12.4. The van der Waals surface area contributed by atoms with Gasteiger partial charge in [-0.05, 0) is 42.0 Å². The summed E-state index contributed by atoms with van der Waals surface area (Å²) in [6, 6.07) is 4.18. The second kappa shape index (κ2) is 4.43. The van der Waals surface area contributed by atoms with Gasteiger partial charge in [-0.15, -0.1) is 0 Å². The highest BCUT2D eigenvalue weighted by atomic mass is 16.3. The molecule has 2 aliphatic carbocycles. The summed E-state index contributed by atoms with van der Waals surface area (Å²) in [6.07, 6.45) is 6.28. The standard InChI is InChI=1S/C16H14N2O4/c19-11-4-1-8(5-12(11)20)7-17-18-15(21)13-9-2-3-10(6-9)14(13)16(18)22/h1-5,7,9-10,13-14,19-20H,6H2/b17-7-/t9-,10-,13+,14+/m0/s1. The molecule has 6 heteroatoms. The van der Waals surface area contributed by atoms with Crippen LogP contribution < -0.4 is 0 Å². The van der Waals surface area contributed by atoms with Crippen LogP contribution in [0.2, 0.25) is 0 Å². The molecule has 1 saturated heterocycles. The number of carbonyl (C=O) groups excluding carboxylic acids is 2. The molecular weight excluding hydrogens is 284 g/mol. The first-order valence-corrected chi connectivity index (χ1v) is 7.18. The van der Waals surface area contributed by atoms with Crippen molar-refractivity contribution < 1.29 is 19.8 Å². The Labute approximate surface area is 126 Å². The van der Waals surface area contributed by atoms with Gasteiger partial charge in [0.05, 0.1) is 18.1 Å². The van der Waals surface area contributed by atoms with E-state index in [4.69, 9.17) is 0 Å². The second-order valence-corrected chi connectivity index (χ2v) is 5.98. The summed E-state index contributed by atoms with van der Waals surface area (Å²) in [6.45, 7) is 0. The van der Waals surface area contributed by atoms with Gasteiger partial charge in [-0.1, -0.05) is 12.2 Å². The summed E-state index contributed by atoms with van der Waals surface area (Å²) in [5, 5.41) is 23.6. The summed E-state index contributed by atoms with van der Waals surface area (Å²) < 4.78 is 0. The summed E-state index contributed by atoms with van der Waals surface area (Å²) in [5.74, 6) is -1.23. The molecule has 3 aliphatic rings. The number of hydrogen-bond acceptors (Lipinski definition) is 5. The molecule has 2 fully saturated rings. The third-order valence-electron chi connectivity index (χ3n) is 4.77. The van der Waals surface area contributed by atoms with Crippen molar-refractivity contribution in [2.24, 2.45) is 28.8 Å². The number of carbonyl (C=O) groups is 2. The van der Waals surface area contributed by atoms with Gasteiger partial charge >= 0.3 is 0 Å². The van der Waals surface area contributed by atoms with Crippen LogP contribution >= 0.6 is 0 Å². The Balaban J connectivity index is 1.59. The van der Waals surface area contributed by atoms with Crippen LogP contribution in [0.1, 0.15) is 12.0 Å². The molecule has 0 unspecified atom stereocenters. The van der Waals surface area contributed by atoms with Gasteiger partial charge < -0.3 is 10.2 Å². The maximum Gasteiger partial charge on any atom is 0.254 e. The van der Waals surface area contributed by atoms with E-state index in [0.29, 0.717) is 5.56 Å². The maximum atomic E-state index is 12.4. The van der Waals surface area contributed by atoms with Gasteiger partial charge in [0.15, 0.2) is 11.5 Å². The van der Waals surface area contributed by atoms with Crippen LogP contribution in [0.3, 0.4) is 0 Å². The van der Waals surface area contributed by atoms with Gasteiger partial charge in [0, 0.05) is 0 Å². The molecule has 2 N–H and O–H groups in total. The fraction of sp³-hybridized carbons (Fsp3) is 0.312. The molecule has 2 bridgehead atoms. The number of aromatic hydroxyl groups is 2. The lowest BCUT2D eigenvalue weighted by molar-refractivity contribution is -0.140. The number of amides is 2. The average Bonchev–Trinajstić information content (AvgIpc) is 3.16. The molecule has 6 nitrogen and oxygen atoms in total. The fourth-order valence-corrected chi connectivity index (χ4v) is 3.75. The number of hydrogen-bond donors (Lipinski definition) is 2. The molecule has 1 aliphatic heterocycles. The molecule has 4 atom stereocenters. The van der Waals surface area contributed by atoms with Crippen molar-refractivity contribution in [1.29, 1.82) is 0 Å². The minimum Gasteiger partial charge on any atom is -0.504 e. The molecule has 0 radical (unpaired) electrons. The molecule has 4 rings (SSSR count). The first kappa shape index (κ1) is 13.1. The summed E-state index contributed by atoms with van der Waals surface area (Å²) in [7, 11) is 0. The number of rotatable bonds is 2. The van der Waals surface area contributed by atoms with Gasteiger partial charge in [-0.2, -0.15) is 10.1 Å². The number of benzene rings is 1. The Kier molecular flexibility index (Phi) is 2.63. The molecule has 2 amide bonds. The molecule has 1 aromatic carbocycles. The SMILES string of the molecule is O=C1[C@H]2[C@H](C(=O)N1/N=C\c1ccc(O)c(O)c1)[C@H]1C=C[C@H]2C1. The van der Waals surface area contributed by atoms with E-state index < -0.39 is 0 Å². The van der Waals surface area contributed by atoms with Crippen LogP contribution in [0.15, 0.2) is 35.5 Å². The lowest BCUT2D eigenvalue weighted by atomic mass is 9.85. The number of fused-ring (bicyclic) bond motifs is 5. The monoisotopic (exact) mass is 298 g/mol. The zero-order valence-electron chi connectivity index (χ0n) is 11.6. The van der Waals surface area contributed by atoms with E-state index in [-0.39, 0.29) is 47.0 Å². The van der Waals surface area contributed by atoms with Crippen LogP contribution in [0.4, 0.5) is 0 Å². The summed E-state index contributed by atoms with van der Waals surface area (Å²) in [4.78, 5) is 24.8. The third-order valence-corrected chi connectivity index (χ3v) is 4.77. The summed E-state index contributed by atoms with van der Waals surface area (Å²) >= 11 is 0. The number of imide groups is 1. The first-order valence-electron chi connectivity index (χ1n) is 7.18. The molecule has 1 heterocycles. The van der Waals surface area contributed by atoms with E-state index in [2.05, 4.69) is 5.10 Å². The van der Waals surface area contributed by atoms with E-state index in [1.54, 1.807) is 0 Å². The number of phenolic OH excluding ortho intramolecular Hbond substituents is 2. The Morgan fingerprint density at radius 1 is 1.05 bits per heavy atom. The van der Waals surface area contributed by atoms with Crippen LogP contribution in [0.25, 0.3) is 0 Å². The van der Waals surface area contributed by atoms with E-state index >= 15 is 0 Å². The Bertz CT molecular complexity index is 710. The highest BCUT2D eigenvalue weighted by Gasteiger charge is 2.59. The predicted octanol–water partition coefficient (Wildman–Crippen LogP) is 1.24. The molecule has 0 spiro atoms. The Hall–Kier alpha value is -2.63. The van der Waals surface area contributed by atoms with Crippen molar-refractivity contribution in [3.8, 4) is 11.5 Å². The van der Waals surface area contributed by atoms with Crippen molar-refractivity contribution in [2.45, 2.75) is 6.42 Å². The van der Waals surface area contributed by atoms with Gasteiger partial charge in [-0.3, -0.25) is 9.59 Å². The van der Waals surface area contributed by atoms with Gasteiger partial charge in [0.2, 0.25) is 0 Å². The number of phenols is 2. The number of nitrogens with zero attached hydrogens (tertiary/aromatic N) is 2. The van der Waals surface area contributed by atoms with Crippen LogP contribution in [-0.4, -0.2) is 33.3 Å². The van der Waals surface area contributed by atoms with Crippen molar-refractivity contribution in [3.05, 3.63) is 35.9 Å². The molecule has 1 saturated carbocycles. The minimum atomic E-state index is -0.276. The highest BCUT2D eigenvalue weighted by Crippen LogP contribution is 2.52. The third kappa shape index (κ3) is 1.70. The van der Waals surface area contributed by atoms with E-state index in [0.717, 1.165) is 11.4 Å². The van der Waals surface area contributed by atoms with Crippen LogP contribution in [0, 0.1) is 23.7 Å². The van der Waals surface area contributed by atoms with Crippen LogP contribution in [0.5, 0.6) is 11.5 Å². The average molecular weight is 298 g/mol. The first-order chi connectivity index (χ1) is 10.6. The largest absolute Gasteiger partial charge is 0.504 e. The van der Waals surface area contributed by atoms with Crippen molar-refractivity contribution in [3.63, 3.8) is 0 Å². The second-order valence-electron chi connectivity index (χ2n) is 5.98.